The molecule has 24 heavy (non-hydrogen) atoms. The largest absolute Gasteiger partial charge is 0.394 e. The van der Waals surface area contributed by atoms with Crippen molar-refractivity contribution in [1.82, 2.24) is 5.32 Å². The molecular weight excluding hydrogens is 290 g/mol. The summed E-state index contributed by atoms with van der Waals surface area (Å²) in [4.78, 5) is 0. The van der Waals surface area contributed by atoms with Crippen molar-refractivity contribution in [2.24, 2.45) is 5.92 Å². The Morgan fingerprint density at radius 2 is 1.12 bits per heavy atom. The number of nitrogens with one attached hydrogen (secondary N) is 1. The molecule has 0 unspecified atom stereocenters. The van der Waals surface area contributed by atoms with Gasteiger partial charge in [-0.15, -0.1) is 6.58 Å². The lowest BCUT2D eigenvalue weighted by atomic mass is 10.2. The zero-order chi connectivity index (χ0) is 21.4. The Hall–Kier alpha value is -1.24. The van der Waals surface area contributed by atoms with Gasteiger partial charge in [0.2, 0.25) is 0 Å². The number of hydrogen-bond acceptors (Lipinski definition) is 1. The first kappa shape index (κ1) is 43.4. The van der Waals surface area contributed by atoms with Crippen molar-refractivity contribution in [1.29, 1.82) is 0 Å². The van der Waals surface area contributed by atoms with E-state index in [1.807, 2.05) is 81.6 Å². The van der Waals surface area contributed by atoms with Crippen LogP contribution in [0.4, 0.5) is 0 Å². The third kappa shape index (κ3) is 244. The van der Waals surface area contributed by atoms with E-state index in [0.717, 1.165) is 0 Å². The lowest BCUT2D eigenvalue weighted by Crippen LogP contribution is -1.91. The molecule has 0 spiro atoms. The van der Waals surface area contributed by atoms with Crippen molar-refractivity contribution in [3.8, 4) is 0 Å². The minimum atomic E-state index is 0.651. The highest BCUT2D eigenvalue weighted by molar-refractivity contribution is 4.98. The first-order valence-corrected chi connectivity index (χ1v) is 9.63. The molecule has 0 saturated carbocycles. The van der Waals surface area contributed by atoms with Gasteiger partial charge in [-0.3, -0.25) is 0 Å². The zero-order valence-electron chi connectivity index (χ0n) is 19.9. The van der Waals surface area contributed by atoms with E-state index in [4.69, 9.17) is 0 Å². The second-order valence-corrected chi connectivity index (χ2v) is 3.78. The van der Waals surface area contributed by atoms with Gasteiger partial charge in [0.05, 0.1) is 0 Å². The Kier molecular flexibility index (Phi) is 146. The van der Waals surface area contributed by atoms with E-state index in [0.29, 0.717) is 5.92 Å². The van der Waals surface area contributed by atoms with Crippen molar-refractivity contribution >= 4 is 0 Å². The van der Waals surface area contributed by atoms with Gasteiger partial charge in [0.15, 0.2) is 0 Å². The van der Waals surface area contributed by atoms with Crippen LogP contribution in [0.3, 0.4) is 0 Å². The van der Waals surface area contributed by atoms with Crippen LogP contribution < -0.4 is 5.32 Å². The molecule has 150 valence electrons. The van der Waals surface area contributed by atoms with Crippen molar-refractivity contribution < 1.29 is 0 Å². The Labute approximate surface area is 158 Å². The summed E-state index contributed by atoms with van der Waals surface area (Å²) < 4.78 is 0. The predicted molar refractivity (Wildman–Crippen MR) is 124 cm³/mol. The topological polar surface area (TPSA) is 12.0 Å². The maximum absolute atomic E-state index is 3.55. The van der Waals surface area contributed by atoms with Crippen LogP contribution in [0, 0.1) is 5.92 Å². The summed E-state index contributed by atoms with van der Waals surface area (Å²) in [7, 11) is 1.90. The fourth-order valence-electron chi connectivity index (χ4n) is 0.589. The van der Waals surface area contributed by atoms with Gasteiger partial charge < -0.3 is 5.32 Å². The summed E-state index contributed by atoms with van der Waals surface area (Å²) in [5, 5.41) is 2.91. The third-order valence-electron chi connectivity index (χ3n) is 1.07. The van der Waals surface area contributed by atoms with Gasteiger partial charge in [-0.1, -0.05) is 106 Å². The van der Waals surface area contributed by atoms with E-state index in [1.54, 1.807) is 12.2 Å². The predicted octanol–water partition coefficient (Wildman–Crippen LogP) is 8.81. The SMILES string of the molecule is C=C/C=C\C(C)C.C=CC.CC.CC.CC.CC.CNC=C(C)C. The van der Waals surface area contributed by atoms with Gasteiger partial charge >= 0.3 is 0 Å². The normalized spacial score (nSPS) is 6.46. The molecule has 0 fully saturated rings. The minimum Gasteiger partial charge on any atom is -0.394 e. The van der Waals surface area contributed by atoms with Crippen molar-refractivity contribution in [3.63, 3.8) is 0 Å². The molecule has 1 heteroatoms. The summed E-state index contributed by atoms with van der Waals surface area (Å²) in [6.45, 7) is 33.2. The van der Waals surface area contributed by atoms with Gasteiger partial charge in [-0.2, -0.15) is 0 Å². The molecule has 0 aromatic carbocycles. The van der Waals surface area contributed by atoms with Crippen LogP contribution in [-0.4, -0.2) is 7.05 Å². The molecular formula is C23H53N. The van der Waals surface area contributed by atoms with E-state index in [-0.39, 0.29) is 0 Å². The van der Waals surface area contributed by atoms with Crippen LogP contribution in [0.1, 0.15) is 90.0 Å². The highest BCUT2D eigenvalue weighted by atomic mass is 14.8. The highest BCUT2D eigenvalue weighted by Crippen LogP contribution is 1.91. The second kappa shape index (κ2) is 81.0. The molecule has 0 aromatic rings. The molecule has 0 rings (SSSR count). The fraction of sp³-hybridized carbons (Fsp3) is 0.652. The molecule has 0 saturated heterocycles. The van der Waals surface area contributed by atoms with Gasteiger partial charge in [-0.25, -0.2) is 0 Å². The molecule has 0 bridgehead atoms. The van der Waals surface area contributed by atoms with Crippen LogP contribution in [0.25, 0.3) is 0 Å². The average Bonchev–Trinajstić information content (AvgIpc) is 2.61. The molecule has 0 aliphatic rings. The standard InChI is InChI=1S/C7H12.C5H11N.C3H6.4C2H6/c1-4-5-6-7(2)3;1-5(2)4-6-3;1-3-2;4*1-2/h4-7H,1H2,2-3H3;4,6H,1-3H3;3H,1H2,2H3;4*1-2H3/b6-5-;;;;;;. The molecule has 1 N–H and O–H groups in total. The maximum atomic E-state index is 3.55. The monoisotopic (exact) mass is 343 g/mol. The summed E-state index contributed by atoms with van der Waals surface area (Å²) in [6.07, 6.45) is 9.57. The average molecular weight is 344 g/mol. The van der Waals surface area contributed by atoms with Gasteiger partial charge in [0, 0.05) is 7.05 Å². The summed E-state index contributed by atoms with van der Waals surface area (Å²) in [6, 6.07) is 0. The van der Waals surface area contributed by atoms with Gasteiger partial charge in [-0.05, 0) is 32.9 Å². The number of allylic oxidation sites excluding steroid dienone is 5. The molecule has 0 amide bonds. The van der Waals surface area contributed by atoms with E-state index >= 15 is 0 Å². The van der Waals surface area contributed by atoms with Crippen LogP contribution in [0.15, 0.2) is 49.2 Å². The van der Waals surface area contributed by atoms with E-state index in [1.165, 1.54) is 5.57 Å². The van der Waals surface area contributed by atoms with Gasteiger partial charge in [0.25, 0.3) is 0 Å². The molecule has 1 nitrogen and oxygen atoms in total. The smallest absolute Gasteiger partial charge is 0.00276 e. The van der Waals surface area contributed by atoms with Crippen LogP contribution in [0.5, 0.6) is 0 Å². The van der Waals surface area contributed by atoms with E-state index in [9.17, 15) is 0 Å². The minimum absolute atomic E-state index is 0.651. The third-order valence-corrected chi connectivity index (χ3v) is 1.07. The summed E-state index contributed by atoms with van der Waals surface area (Å²) in [5.41, 5.74) is 1.30. The molecule has 0 atom stereocenters. The van der Waals surface area contributed by atoms with E-state index in [2.05, 4.69) is 52.2 Å². The van der Waals surface area contributed by atoms with Crippen molar-refractivity contribution in [2.75, 3.05) is 7.05 Å². The quantitative estimate of drug-likeness (QED) is 0.398. The Morgan fingerprint density at radius 3 is 1.17 bits per heavy atom. The Morgan fingerprint density at radius 1 is 0.833 bits per heavy atom. The van der Waals surface area contributed by atoms with Crippen LogP contribution in [0.2, 0.25) is 0 Å². The zero-order valence-corrected chi connectivity index (χ0v) is 19.9. The molecule has 0 heterocycles. The molecule has 0 aromatic heterocycles. The van der Waals surface area contributed by atoms with E-state index < -0.39 is 0 Å². The summed E-state index contributed by atoms with van der Waals surface area (Å²) >= 11 is 0. The first-order chi connectivity index (χ1) is 11.5. The second-order valence-electron chi connectivity index (χ2n) is 3.78. The van der Waals surface area contributed by atoms with Crippen molar-refractivity contribution in [3.05, 3.63) is 49.2 Å². The van der Waals surface area contributed by atoms with Crippen molar-refractivity contribution in [2.45, 2.75) is 90.0 Å². The molecule has 0 radical (unpaired) electrons. The lowest BCUT2D eigenvalue weighted by Gasteiger charge is -1.87. The van der Waals surface area contributed by atoms with Gasteiger partial charge in [0.1, 0.15) is 0 Å². The van der Waals surface area contributed by atoms with Crippen LogP contribution in [-0.2, 0) is 0 Å². The maximum Gasteiger partial charge on any atom is 0.00276 e. The Bertz CT molecular complexity index is 194. The first-order valence-electron chi connectivity index (χ1n) is 9.63. The summed E-state index contributed by atoms with van der Waals surface area (Å²) in [5.74, 6) is 0.651. The highest BCUT2D eigenvalue weighted by Gasteiger charge is 1.77. The fourth-order valence-corrected chi connectivity index (χ4v) is 0.589. The number of rotatable bonds is 3. The van der Waals surface area contributed by atoms with Crippen LogP contribution >= 0.6 is 0 Å². The lowest BCUT2D eigenvalue weighted by molar-refractivity contribution is 0.832. The number of hydrogen-bond donors (Lipinski definition) is 1. The Balaban J connectivity index is -0.0000000309. The molecule has 0 aliphatic carbocycles. The molecule has 0 aliphatic heterocycles.